The fraction of sp³-hybridized carbons (Fsp3) is 0.267. The number of aromatic amines is 2. The van der Waals surface area contributed by atoms with Crippen molar-refractivity contribution in [2.45, 2.75) is 39.2 Å². The zero-order valence-electron chi connectivity index (χ0n) is 21.3. The molecule has 0 radical (unpaired) electrons. The molecule has 8 heteroatoms. The lowest BCUT2D eigenvalue weighted by molar-refractivity contribution is 0.489. The Kier molecular flexibility index (Phi) is 5.98. The van der Waals surface area contributed by atoms with Crippen LogP contribution in [0.3, 0.4) is 0 Å². The number of aromatic nitrogens is 6. The first-order valence-corrected chi connectivity index (χ1v) is 14.1. The van der Waals surface area contributed by atoms with Gasteiger partial charge in [0.2, 0.25) is 0 Å². The normalized spacial score (nSPS) is 14.2. The van der Waals surface area contributed by atoms with Crippen LogP contribution in [-0.2, 0) is 6.54 Å². The number of hydrogen-bond donors (Lipinski definition) is 3. The Bertz CT molecular complexity index is 1740. The summed E-state index contributed by atoms with van der Waals surface area (Å²) in [5.74, 6) is 0.820. The molecule has 7 rings (SSSR count). The highest BCUT2D eigenvalue weighted by molar-refractivity contribution is 7.15. The van der Waals surface area contributed by atoms with E-state index < -0.39 is 0 Å². The summed E-state index contributed by atoms with van der Waals surface area (Å²) in [5.41, 5.74) is 8.54. The largest absolute Gasteiger partial charge is 0.353 e. The molecule has 0 spiro atoms. The van der Waals surface area contributed by atoms with E-state index >= 15 is 0 Å². The van der Waals surface area contributed by atoms with Crippen LogP contribution in [0.4, 0.5) is 0 Å². The zero-order valence-corrected chi connectivity index (χ0v) is 22.1. The van der Waals surface area contributed by atoms with Crippen molar-refractivity contribution in [3.63, 3.8) is 0 Å². The number of pyridine rings is 3. The van der Waals surface area contributed by atoms with Crippen molar-refractivity contribution in [3.05, 3.63) is 71.5 Å². The number of nitrogens with one attached hydrogen (secondary N) is 3. The first kappa shape index (κ1) is 23.3. The predicted molar refractivity (Wildman–Crippen MR) is 154 cm³/mol. The van der Waals surface area contributed by atoms with E-state index in [-0.39, 0.29) is 0 Å². The molecular weight excluding hydrogens is 490 g/mol. The van der Waals surface area contributed by atoms with Crippen molar-refractivity contribution < 1.29 is 0 Å². The third kappa shape index (κ3) is 4.40. The van der Waals surface area contributed by atoms with Crippen LogP contribution in [0.5, 0.6) is 0 Å². The molecule has 0 atom stereocenters. The summed E-state index contributed by atoms with van der Waals surface area (Å²) in [4.78, 5) is 20.2. The molecule has 0 amide bonds. The molecule has 190 valence electrons. The van der Waals surface area contributed by atoms with Crippen molar-refractivity contribution in [3.8, 4) is 33.2 Å². The van der Waals surface area contributed by atoms with Crippen LogP contribution in [0.2, 0.25) is 0 Å². The molecule has 6 aromatic rings. The monoisotopic (exact) mass is 519 g/mol. The summed E-state index contributed by atoms with van der Waals surface area (Å²) in [6.45, 7) is 4.03. The van der Waals surface area contributed by atoms with E-state index in [9.17, 15) is 0 Å². The SMILES string of the molecule is Cc1ccc(-c2nccc3[nH]c(-c4n[nH]c5ccc(-c6cncc(CNCC7CCCC7)c6)nc45)cc23)s1. The molecule has 0 saturated heterocycles. The van der Waals surface area contributed by atoms with E-state index in [1.807, 2.05) is 36.8 Å². The highest BCUT2D eigenvalue weighted by Gasteiger charge is 2.17. The van der Waals surface area contributed by atoms with Gasteiger partial charge in [-0.05, 0) is 80.3 Å². The fourth-order valence-electron chi connectivity index (χ4n) is 5.55. The molecule has 1 aliphatic rings. The van der Waals surface area contributed by atoms with Gasteiger partial charge in [0, 0.05) is 46.5 Å². The topological polar surface area (TPSA) is 95.2 Å². The van der Waals surface area contributed by atoms with Crippen molar-refractivity contribution in [2.24, 2.45) is 5.92 Å². The zero-order chi connectivity index (χ0) is 25.5. The number of nitrogens with zero attached hydrogens (tertiary/aromatic N) is 4. The smallest absolute Gasteiger partial charge is 0.135 e. The van der Waals surface area contributed by atoms with Crippen LogP contribution >= 0.6 is 11.3 Å². The lowest BCUT2D eigenvalue weighted by atomic mass is 10.1. The van der Waals surface area contributed by atoms with Gasteiger partial charge in [-0.3, -0.25) is 15.1 Å². The molecule has 0 unspecified atom stereocenters. The first-order valence-electron chi connectivity index (χ1n) is 13.3. The van der Waals surface area contributed by atoms with Crippen molar-refractivity contribution >= 4 is 33.3 Å². The Balaban J connectivity index is 1.20. The van der Waals surface area contributed by atoms with Gasteiger partial charge in [0.25, 0.3) is 0 Å². The maximum atomic E-state index is 5.03. The van der Waals surface area contributed by atoms with Crippen molar-refractivity contribution in [1.29, 1.82) is 0 Å². The average molecular weight is 520 g/mol. The molecular formula is C30H29N7S. The Labute approximate surface area is 224 Å². The third-order valence-corrected chi connectivity index (χ3v) is 8.52. The number of aryl methyl sites for hydroxylation is 1. The minimum Gasteiger partial charge on any atom is -0.353 e. The summed E-state index contributed by atoms with van der Waals surface area (Å²) in [6, 6.07) is 14.7. The van der Waals surface area contributed by atoms with E-state index in [1.165, 1.54) is 36.1 Å². The van der Waals surface area contributed by atoms with Gasteiger partial charge in [0.1, 0.15) is 11.2 Å². The van der Waals surface area contributed by atoms with Gasteiger partial charge < -0.3 is 10.3 Å². The second-order valence-electron chi connectivity index (χ2n) is 10.2. The van der Waals surface area contributed by atoms with Gasteiger partial charge in [0.15, 0.2) is 0 Å². The molecule has 1 fully saturated rings. The summed E-state index contributed by atoms with van der Waals surface area (Å²) in [5, 5.41) is 12.5. The predicted octanol–water partition coefficient (Wildman–Crippen LogP) is 6.88. The van der Waals surface area contributed by atoms with Crippen molar-refractivity contribution in [2.75, 3.05) is 6.54 Å². The molecule has 3 N–H and O–H groups in total. The van der Waals surface area contributed by atoms with Crippen LogP contribution < -0.4 is 5.32 Å². The molecule has 1 aliphatic carbocycles. The van der Waals surface area contributed by atoms with Gasteiger partial charge in [-0.2, -0.15) is 5.10 Å². The second kappa shape index (κ2) is 9.78. The molecule has 0 bridgehead atoms. The number of thiophene rings is 1. The Morgan fingerprint density at radius 1 is 1.00 bits per heavy atom. The number of fused-ring (bicyclic) bond motifs is 2. The Hall–Kier alpha value is -3.88. The molecule has 38 heavy (non-hydrogen) atoms. The quantitative estimate of drug-likeness (QED) is 0.214. The van der Waals surface area contributed by atoms with Crippen LogP contribution in [-0.4, -0.2) is 36.7 Å². The molecule has 1 saturated carbocycles. The summed E-state index contributed by atoms with van der Waals surface area (Å²) in [6.07, 6.45) is 11.1. The maximum absolute atomic E-state index is 5.03. The fourth-order valence-corrected chi connectivity index (χ4v) is 6.42. The van der Waals surface area contributed by atoms with Crippen LogP contribution in [0.15, 0.2) is 61.1 Å². The Morgan fingerprint density at radius 3 is 2.79 bits per heavy atom. The van der Waals surface area contributed by atoms with E-state index in [2.05, 4.69) is 61.7 Å². The molecule has 0 aliphatic heterocycles. The van der Waals surface area contributed by atoms with E-state index in [4.69, 9.17) is 4.98 Å². The van der Waals surface area contributed by atoms with Gasteiger partial charge in [-0.15, -0.1) is 11.3 Å². The summed E-state index contributed by atoms with van der Waals surface area (Å²) >= 11 is 1.76. The minimum absolute atomic E-state index is 0.800. The highest BCUT2D eigenvalue weighted by atomic mass is 32.1. The molecule has 6 heterocycles. The molecule has 6 aromatic heterocycles. The molecule has 7 nitrogen and oxygen atoms in total. The summed E-state index contributed by atoms with van der Waals surface area (Å²) < 4.78 is 0. The minimum atomic E-state index is 0.800. The average Bonchev–Trinajstić information content (AvgIpc) is 3.74. The maximum Gasteiger partial charge on any atom is 0.135 e. The standard InChI is InChI=1S/C30H29N7S/c1-18-6-9-27(38-18)28-22-13-26(34-24(22)10-11-33-28)30-29-25(36-37-30)8-7-23(35-29)21-12-20(16-32-17-21)15-31-14-19-4-2-3-5-19/h6-13,16-17,19,31,34H,2-5,14-15H2,1H3,(H,36,37). The Morgan fingerprint density at radius 2 is 1.92 bits per heavy atom. The number of hydrogen-bond acceptors (Lipinski definition) is 6. The van der Waals surface area contributed by atoms with Crippen LogP contribution in [0.25, 0.3) is 55.2 Å². The van der Waals surface area contributed by atoms with Crippen LogP contribution in [0, 0.1) is 12.8 Å². The lowest BCUT2D eigenvalue weighted by Gasteiger charge is -2.11. The summed E-state index contributed by atoms with van der Waals surface area (Å²) in [7, 11) is 0. The van der Waals surface area contributed by atoms with E-state index in [1.54, 1.807) is 11.3 Å². The second-order valence-corrected chi connectivity index (χ2v) is 11.5. The first-order chi connectivity index (χ1) is 18.7. The number of H-pyrrole nitrogens is 2. The highest BCUT2D eigenvalue weighted by Crippen LogP contribution is 2.35. The molecule has 0 aromatic carbocycles. The van der Waals surface area contributed by atoms with Gasteiger partial charge in [-0.1, -0.05) is 12.8 Å². The van der Waals surface area contributed by atoms with Gasteiger partial charge in [0.05, 0.1) is 27.5 Å². The van der Waals surface area contributed by atoms with Gasteiger partial charge >= 0.3 is 0 Å². The number of rotatable bonds is 7. The van der Waals surface area contributed by atoms with Crippen LogP contribution in [0.1, 0.15) is 36.1 Å². The van der Waals surface area contributed by atoms with Gasteiger partial charge in [-0.25, -0.2) is 4.98 Å². The van der Waals surface area contributed by atoms with Crippen molar-refractivity contribution in [1.82, 2.24) is 35.5 Å². The van der Waals surface area contributed by atoms with E-state index in [0.717, 1.165) is 74.2 Å². The lowest BCUT2D eigenvalue weighted by Crippen LogP contribution is -2.20. The third-order valence-electron chi connectivity index (χ3n) is 7.51. The van der Waals surface area contributed by atoms with E-state index in [0.29, 0.717) is 0 Å².